The van der Waals surface area contributed by atoms with Crippen LogP contribution in [0.25, 0.3) is 0 Å². The number of hydrogen-bond acceptors (Lipinski definition) is 4. The number of alkyl halides is 3. The molecule has 1 aliphatic rings. The van der Waals surface area contributed by atoms with E-state index < -0.39 is 23.1 Å². The van der Waals surface area contributed by atoms with Crippen LogP contribution in [0.5, 0.6) is 5.88 Å². The summed E-state index contributed by atoms with van der Waals surface area (Å²) >= 11 is 0. The molecule has 0 spiro atoms. The first kappa shape index (κ1) is 17.9. The van der Waals surface area contributed by atoms with Crippen molar-refractivity contribution in [1.29, 1.82) is 5.26 Å². The zero-order valence-corrected chi connectivity index (χ0v) is 14.4. The maximum Gasteiger partial charge on any atom is 0.416 e. The van der Waals surface area contributed by atoms with Crippen molar-refractivity contribution < 1.29 is 17.9 Å². The van der Waals surface area contributed by atoms with Crippen molar-refractivity contribution in [2.24, 2.45) is 5.73 Å². The van der Waals surface area contributed by atoms with Crippen molar-refractivity contribution in [1.82, 2.24) is 10.2 Å². The molecule has 5 nitrogen and oxygen atoms in total. The number of benzene rings is 1. The fourth-order valence-corrected chi connectivity index (χ4v) is 3.13. The summed E-state index contributed by atoms with van der Waals surface area (Å²) in [6, 6.07) is 7.07. The summed E-state index contributed by atoms with van der Waals surface area (Å²) in [5.74, 6) is -1.17. The zero-order chi connectivity index (χ0) is 19.3. The van der Waals surface area contributed by atoms with E-state index in [4.69, 9.17) is 10.5 Å². The van der Waals surface area contributed by atoms with E-state index in [0.29, 0.717) is 11.3 Å². The first-order chi connectivity index (χ1) is 12.1. The summed E-state index contributed by atoms with van der Waals surface area (Å²) in [5, 5.41) is 16.5. The van der Waals surface area contributed by atoms with Gasteiger partial charge in [-0.1, -0.05) is 39.0 Å². The van der Waals surface area contributed by atoms with Gasteiger partial charge in [-0.05, 0) is 11.6 Å². The molecule has 26 heavy (non-hydrogen) atoms. The van der Waals surface area contributed by atoms with E-state index in [-0.39, 0.29) is 22.9 Å². The molecule has 0 saturated carbocycles. The van der Waals surface area contributed by atoms with Gasteiger partial charge in [-0.15, -0.1) is 5.10 Å². The van der Waals surface area contributed by atoms with E-state index in [2.05, 4.69) is 10.2 Å². The maximum absolute atomic E-state index is 13.6. The number of aromatic nitrogens is 2. The number of rotatable bonds is 1. The number of H-pyrrole nitrogens is 1. The highest BCUT2D eigenvalue weighted by atomic mass is 19.4. The van der Waals surface area contributed by atoms with E-state index >= 15 is 0 Å². The van der Waals surface area contributed by atoms with Gasteiger partial charge in [0.2, 0.25) is 11.8 Å². The fourth-order valence-electron chi connectivity index (χ4n) is 3.13. The molecule has 8 heteroatoms. The molecule has 0 radical (unpaired) electrons. The van der Waals surface area contributed by atoms with E-state index in [1.165, 1.54) is 18.2 Å². The Bertz CT molecular complexity index is 929. The van der Waals surface area contributed by atoms with Gasteiger partial charge in [0.15, 0.2) is 0 Å². The molecule has 1 aliphatic heterocycles. The Labute approximate surface area is 148 Å². The predicted octanol–water partition coefficient (Wildman–Crippen LogP) is 3.94. The molecule has 136 valence electrons. The highest BCUT2D eigenvalue weighted by molar-refractivity contribution is 5.58. The SMILES string of the molecule is CC(C)(C)c1[nH]nc2c1C(c1ccccc1C(F)(F)F)C(C#N)=C(N)O2. The number of nitrogens with two attached hydrogens (primary N) is 1. The largest absolute Gasteiger partial charge is 0.420 e. The van der Waals surface area contributed by atoms with E-state index in [1.54, 1.807) is 0 Å². The third kappa shape index (κ3) is 2.79. The third-order valence-corrected chi connectivity index (χ3v) is 4.27. The van der Waals surface area contributed by atoms with Crippen molar-refractivity contribution in [3.8, 4) is 11.9 Å². The molecule has 0 fully saturated rings. The average molecular weight is 362 g/mol. The zero-order valence-electron chi connectivity index (χ0n) is 14.4. The first-order valence-corrected chi connectivity index (χ1v) is 7.88. The Kier molecular flexibility index (Phi) is 3.98. The van der Waals surface area contributed by atoms with Crippen molar-refractivity contribution in [2.75, 3.05) is 0 Å². The van der Waals surface area contributed by atoms with Crippen LogP contribution in [0, 0.1) is 11.3 Å². The molecular formula is C18H17F3N4O. The van der Waals surface area contributed by atoms with Gasteiger partial charge in [0.1, 0.15) is 11.6 Å². The highest BCUT2D eigenvalue weighted by Crippen LogP contribution is 2.48. The first-order valence-electron chi connectivity index (χ1n) is 7.88. The van der Waals surface area contributed by atoms with Gasteiger partial charge in [-0.3, -0.25) is 5.10 Å². The fraction of sp³-hybridized carbons (Fsp3) is 0.333. The average Bonchev–Trinajstić information content (AvgIpc) is 2.96. The highest BCUT2D eigenvalue weighted by Gasteiger charge is 2.42. The van der Waals surface area contributed by atoms with Gasteiger partial charge in [-0.25, -0.2) is 0 Å². The van der Waals surface area contributed by atoms with Crippen LogP contribution in [0.3, 0.4) is 0 Å². The molecule has 2 heterocycles. The summed E-state index contributed by atoms with van der Waals surface area (Å²) in [7, 11) is 0. The minimum Gasteiger partial charge on any atom is -0.420 e. The standard InChI is InChI=1S/C18H17F3N4O/c1-17(2,3)14-13-12(9-6-4-5-7-11(9)18(19,20)21)10(8-22)15(23)26-16(13)25-24-14/h4-7,12H,23H2,1-3H3,(H,24,25). The van der Waals surface area contributed by atoms with Crippen LogP contribution in [0.1, 0.15) is 49.1 Å². The minimum absolute atomic E-state index is 0.0593. The molecule has 1 unspecified atom stereocenters. The monoisotopic (exact) mass is 362 g/mol. The molecule has 1 aromatic heterocycles. The lowest BCUT2D eigenvalue weighted by Gasteiger charge is -2.28. The maximum atomic E-state index is 13.6. The van der Waals surface area contributed by atoms with Crippen LogP contribution in [-0.4, -0.2) is 10.2 Å². The van der Waals surface area contributed by atoms with Crippen molar-refractivity contribution in [2.45, 2.75) is 38.3 Å². The molecule has 0 bridgehead atoms. The summed E-state index contributed by atoms with van der Waals surface area (Å²) in [6.07, 6.45) is -4.57. The Morgan fingerprint density at radius 3 is 2.46 bits per heavy atom. The van der Waals surface area contributed by atoms with Crippen LogP contribution in [-0.2, 0) is 11.6 Å². The smallest absolute Gasteiger partial charge is 0.416 e. The van der Waals surface area contributed by atoms with Crippen LogP contribution >= 0.6 is 0 Å². The quantitative estimate of drug-likeness (QED) is 0.804. The summed E-state index contributed by atoms with van der Waals surface area (Å²) in [5.41, 5.74) is 5.40. The second-order valence-electron chi connectivity index (χ2n) is 7.08. The molecule has 1 atom stereocenters. The molecule has 1 aromatic carbocycles. The molecule has 0 aliphatic carbocycles. The number of nitrogens with zero attached hydrogens (tertiary/aromatic N) is 2. The lowest BCUT2D eigenvalue weighted by Crippen LogP contribution is -2.25. The Hall–Kier alpha value is -2.95. The van der Waals surface area contributed by atoms with Gasteiger partial charge >= 0.3 is 6.18 Å². The number of ether oxygens (including phenoxy) is 1. The summed E-state index contributed by atoms with van der Waals surface area (Å²) in [4.78, 5) is 0. The lowest BCUT2D eigenvalue weighted by atomic mass is 9.77. The van der Waals surface area contributed by atoms with Crippen molar-refractivity contribution in [3.63, 3.8) is 0 Å². The molecule has 0 saturated heterocycles. The van der Waals surface area contributed by atoms with E-state index in [0.717, 1.165) is 6.07 Å². The Morgan fingerprint density at radius 2 is 1.88 bits per heavy atom. The van der Waals surface area contributed by atoms with E-state index in [1.807, 2.05) is 26.8 Å². The number of allylic oxidation sites excluding steroid dienone is 1. The topological polar surface area (TPSA) is 87.7 Å². The Morgan fingerprint density at radius 1 is 1.23 bits per heavy atom. The Balaban J connectivity index is 2.35. The molecule has 3 rings (SSSR count). The van der Waals surface area contributed by atoms with Gasteiger partial charge < -0.3 is 10.5 Å². The second kappa shape index (κ2) is 5.80. The number of hydrogen-bond donors (Lipinski definition) is 2. The van der Waals surface area contributed by atoms with Crippen LogP contribution in [0.15, 0.2) is 35.7 Å². The van der Waals surface area contributed by atoms with Crippen LogP contribution < -0.4 is 10.5 Å². The van der Waals surface area contributed by atoms with Crippen LogP contribution in [0.4, 0.5) is 13.2 Å². The second-order valence-corrected chi connectivity index (χ2v) is 7.08. The molecule has 3 N–H and O–H groups in total. The van der Waals surface area contributed by atoms with Crippen molar-refractivity contribution in [3.05, 3.63) is 58.1 Å². The van der Waals surface area contributed by atoms with Gasteiger partial charge in [0.05, 0.1) is 17.0 Å². The predicted molar refractivity (Wildman–Crippen MR) is 88.0 cm³/mol. The number of aromatic amines is 1. The van der Waals surface area contributed by atoms with Gasteiger partial charge in [-0.2, -0.15) is 18.4 Å². The van der Waals surface area contributed by atoms with Gasteiger partial charge in [0.25, 0.3) is 0 Å². The van der Waals surface area contributed by atoms with Crippen molar-refractivity contribution >= 4 is 0 Å². The molecule has 2 aromatic rings. The lowest BCUT2D eigenvalue weighted by molar-refractivity contribution is -0.138. The number of nitrogens with one attached hydrogen (secondary N) is 1. The number of fused-ring (bicyclic) bond motifs is 1. The number of halogens is 3. The summed E-state index contributed by atoms with van der Waals surface area (Å²) in [6.45, 7) is 5.67. The van der Waals surface area contributed by atoms with Gasteiger partial charge in [0, 0.05) is 11.1 Å². The number of nitriles is 1. The minimum atomic E-state index is -4.57. The van der Waals surface area contributed by atoms with Crippen LogP contribution in [0.2, 0.25) is 0 Å². The third-order valence-electron chi connectivity index (χ3n) is 4.27. The molecular weight excluding hydrogens is 345 g/mol. The summed E-state index contributed by atoms with van der Waals surface area (Å²) < 4.78 is 46.1. The normalized spacial score (nSPS) is 17.5. The molecule has 0 amide bonds. The van der Waals surface area contributed by atoms with E-state index in [9.17, 15) is 18.4 Å².